The zero-order chi connectivity index (χ0) is 9.97. The molecule has 14 heavy (non-hydrogen) atoms. The topological polar surface area (TPSA) is 61.6 Å². The zero-order valence-corrected chi connectivity index (χ0v) is 8.38. The molecule has 1 atom stereocenters. The van der Waals surface area contributed by atoms with Gasteiger partial charge >= 0.3 is 5.97 Å². The van der Waals surface area contributed by atoms with E-state index >= 15 is 0 Å². The lowest BCUT2D eigenvalue weighted by atomic mass is 10.2. The minimum atomic E-state index is -0.354. The maximum atomic E-state index is 11.4. The fraction of sp³-hybridized carbons (Fsp3) is 0.444. The molecular formula is C9H11NO3S. The van der Waals surface area contributed by atoms with Crippen LogP contribution in [0.1, 0.15) is 16.1 Å². The van der Waals surface area contributed by atoms with Gasteiger partial charge in [-0.05, 0) is 11.4 Å². The number of hydrogen-bond acceptors (Lipinski definition) is 5. The van der Waals surface area contributed by atoms with Gasteiger partial charge in [-0.3, -0.25) is 0 Å². The molecule has 2 heterocycles. The van der Waals surface area contributed by atoms with Crippen LogP contribution in [-0.4, -0.2) is 25.3 Å². The average molecular weight is 213 g/mol. The van der Waals surface area contributed by atoms with Crippen LogP contribution in [0.15, 0.2) is 11.4 Å². The Morgan fingerprint density at radius 2 is 2.57 bits per heavy atom. The van der Waals surface area contributed by atoms with Crippen LogP contribution >= 0.6 is 11.3 Å². The number of nitrogens with two attached hydrogens (primary N) is 1. The monoisotopic (exact) mass is 213 g/mol. The molecule has 1 fully saturated rings. The van der Waals surface area contributed by atoms with Crippen LogP contribution in [0.3, 0.4) is 0 Å². The molecule has 1 aliphatic heterocycles. The summed E-state index contributed by atoms with van der Waals surface area (Å²) in [6.07, 6.45) is 1.05. The van der Waals surface area contributed by atoms with Crippen molar-refractivity contribution in [1.82, 2.24) is 0 Å². The van der Waals surface area contributed by atoms with Crippen molar-refractivity contribution < 1.29 is 14.3 Å². The van der Waals surface area contributed by atoms with E-state index in [1.54, 1.807) is 11.4 Å². The highest BCUT2D eigenvalue weighted by Crippen LogP contribution is 2.20. The van der Waals surface area contributed by atoms with E-state index in [2.05, 4.69) is 0 Å². The van der Waals surface area contributed by atoms with E-state index in [0.717, 1.165) is 13.0 Å². The molecule has 4 nitrogen and oxygen atoms in total. The van der Waals surface area contributed by atoms with Crippen LogP contribution in [0.25, 0.3) is 0 Å². The molecule has 2 rings (SSSR count). The lowest BCUT2D eigenvalue weighted by Crippen LogP contribution is -2.32. The fourth-order valence-electron chi connectivity index (χ4n) is 1.14. The van der Waals surface area contributed by atoms with Crippen molar-refractivity contribution in [1.29, 1.82) is 0 Å². The van der Waals surface area contributed by atoms with Crippen molar-refractivity contribution in [2.24, 2.45) is 0 Å². The van der Waals surface area contributed by atoms with E-state index < -0.39 is 0 Å². The number of rotatable bonds is 3. The molecule has 0 spiro atoms. The molecule has 2 N–H and O–H groups in total. The maximum absolute atomic E-state index is 11.4. The second kappa shape index (κ2) is 3.98. The first-order chi connectivity index (χ1) is 6.77. The summed E-state index contributed by atoms with van der Waals surface area (Å²) in [5.41, 5.74) is 6.05. The van der Waals surface area contributed by atoms with Crippen molar-refractivity contribution >= 4 is 23.0 Å². The molecule has 0 radical (unpaired) electrons. The largest absolute Gasteiger partial charge is 0.459 e. The van der Waals surface area contributed by atoms with E-state index in [9.17, 15) is 4.79 Å². The predicted molar refractivity (Wildman–Crippen MR) is 53.4 cm³/mol. The Morgan fingerprint density at radius 3 is 3.07 bits per heavy atom. The number of carbonyl (C=O) groups excluding carboxylic acids is 1. The van der Waals surface area contributed by atoms with Crippen molar-refractivity contribution in [3.63, 3.8) is 0 Å². The number of anilines is 1. The zero-order valence-electron chi connectivity index (χ0n) is 7.56. The van der Waals surface area contributed by atoms with E-state index in [1.165, 1.54) is 11.3 Å². The van der Waals surface area contributed by atoms with Gasteiger partial charge < -0.3 is 15.2 Å². The summed E-state index contributed by atoms with van der Waals surface area (Å²) >= 11 is 1.29. The summed E-state index contributed by atoms with van der Waals surface area (Å²) < 4.78 is 10.2. The fourth-order valence-corrected chi connectivity index (χ4v) is 1.85. The van der Waals surface area contributed by atoms with Crippen molar-refractivity contribution in [2.75, 3.05) is 18.9 Å². The van der Waals surface area contributed by atoms with Crippen LogP contribution in [-0.2, 0) is 9.47 Å². The van der Waals surface area contributed by atoms with Gasteiger partial charge in [-0.25, -0.2) is 4.79 Å². The van der Waals surface area contributed by atoms with E-state index in [-0.39, 0.29) is 12.1 Å². The number of ether oxygens (including phenoxy) is 2. The quantitative estimate of drug-likeness (QED) is 0.768. The van der Waals surface area contributed by atoms with Crippen LogP contribution < -0.4 is 5.73 Å². The van der Waals surface area contributed by atoms with Crippen molar-refractivity contribution in [3.8, 4) is 0 Å². The second-order valence-electron chi connectivity index (χ2n) is 3.09. The van der Waals surface area contributed by atoms with Gasteiger partial charge in [0.1, 0.15) is 11.5 Å². The first-order valence-corrected chi connectivity index (χ1v) is 5.27. The van der Waals surface area contributed by atoms with Crippen LogP contribution in [0.5, 0.6) is 0 Å². The number of thiophene rings is 1. The highest BCUT2D eigenvalue weighted by molar-refractivity contribution is 7.12. The Labute approximate surface area is 85.6 Å². The average Bonchev–Trinajstić information content (AvgIpc) is 2.48. The van der Waals surface area contributed by atoms with Crippen molar-refractivity contribution in [2.45, 2.75) is 12.5 Å². The Balaban J connectivity index is 1.86. The lowest BCUT2D eigenvalue weighted by Gasteiger charge is -2.25. The Kier molecular flexibility index (Phi) is 2.69. The smallest absolute Gasteiger partial charge is 0.350 e. The Morgan fingerprint density at radius 1 is 1.79 bits per heavy atom. The first-order valence-electron chi connectivity index (χ1n) is 4.39. The molecule has 0 aliphatic carbocycles. The van der Waals surface area contributed by atoms with Crippen LogP contribution in [0.2, 0.25) is 0 Å². The third kappa shape index (κ3) is 1.88. The summed E-state index contributed by atoms with van der Waals surface area (Å²) in [7, 11) is 0. The maximum Gasteiger partial charge on any atom is 0.350 e. The molecule has 0 amide bonds. The molecule has 1 aliphatic rings. The highest BCUT2D eigenvalue weighted by Gasteiger charge is 2.21. The molecule has 1 aromatic heterocycles. The Bertz CT molecular complexity index is 333. The highest BCUT2D eigenvalue weighted by atomic mass is 32.1. The van der Waals surface area contributed by atoms with Gasteiger partial charge in [0.05, 0.1) is 11.8 Å². The van der Waals surface area contributed by atoms with E-state index in [4.69, 9.17) is 15.2 Å². The van der Waals surface area contributed by atoms with Crippen LogP contribution in [0, 0.1) is 0 Å². The van der Waals surface area contributed by atoms with Gasteiger partial charge in [-0.15, -0.1) is 11.3 Å². The molecule has 1 saturated heterocycles. The summed E-state index contributed by atoms with van der Waals surface area (Å²) in [4.78, 5) is 11.9. The standard InChI is InChI=1S/C9H11NO3S/c10-7-2-4-14-8(7)9(11)13-5-6-1-3-12-6/h2,4,6H,1,3,5,10H2. The van der Waals surface area contributed by atoms with Gasteiger partial charge in [-0.2, -0.15) is 0 Å². The molecule has 5 heteroatoms. The summed E-state index contributed by atoms with van der Waals surface area (Å²) in [5.74, 6) is -0.354. The van der Waals surface area contributed by atoms with E-state index in [1.807, 2.05) is 0 Å². The van der Waals surface area contributed by atoms with Gasteiger partial charge in [0.15, 0.2) is 0 Å². The molecule has 0 aromatic carbocycles. The molecule has 0 bridgehead atoms. The molecular weight excluding hydrogens is 202 g/mol. The lowest BCUT2D eigenvalue weighted by molar-refractivity contribution is -0.0823. The third-order valence-electron chi connectivity index (χ3n) is 2.07. The minimum Gasteiger partial charge on any atom is -0.459 e. The number of esters is 1. The SMILES string of the molecule is Nc1ccsc1C(=O)OCC1CCO1. The molecule has 1 unspecified atom stereocenters. The normalized spacial score (nSPS) is 20.1. The van der Waals surface area contributed by atoms with Gasteiger partial charge in [0.2, 0.25) is 0 Å². The Hall–Kier alpha value is -1.07. The number of hydrogen-bond donors (Lipinski definition) is 1. The summed E-state index contributed by atoms with van der Waals surface area (Å²) in [6, 6.07) is 1.70. The van der Waals surface area contributed by atoms with Gasteiger partial charge in [0.25, 0.3) is 0 Å². The molecule has 76 valence electrons. The summed E-state index contributed by atoms with van der Waals surface area (Å²) in [6.45, 7) is 1.10. The van der Waals surface area contributed by atoms with Gasteiger partial charge in [0, 0.05) is 13.0 Å². The third-order valence-corrected chi connectivity index (χ3v) is 2.99. The predicted octanol–water partition coefficient (Wildman–Crippen LogP) is 1.28. The minimum absolute atomic E-state index is 0.0835. The first kappa shape index (κ1) is 9.48. The molecule has 1 aromatic rings. The second-order valence-corrected chi connectivity index (χ2v) is 4.00. The number of carbonyl (C=O) groups is 1. The number of nitrogen functional groups attached to an aromatic ring is 1. The summed E-state index contributed by atoms with van der Waals surface area (Å²) in [5, 5.41) is 1.77. The molecule has 0 saturated carbocycles. The van der Waals surface area contributed by atoms with E-state index in [0.29, 0.717) is 17.2 Å². The van der Waals surface area contributed by atoms with Crippen LogP contribution in [0.4, 0.5) is 5.69 Å². The van der Waals surface area contributed by atoms with Gasteiger partial charge in [-0.1, -0.05) is 0 Å². The van der Waals surface area contributed by atoms with Crippen molar-refractivity contribution in [3.05, 3.63) is 16.3 Å².